The number of aromatic amines is 1. The monoisotopic (exact) mass is 723 g/mol. The van der Waals surface area contributed by atoms with E-state index in [0.717, 1.165) is 29.3 Å². The molecule has 2 aromatic heterocycles. The van der Waals surface area contributed by atoms with E-state index in [0.29, 0.717) is 12.1 Å². The third-order valence-electron chi connectivity index (χ3n) is 6.80. The van der Waals surface area contributed by atoms with E-state index in [1.807, 2.05) is 0 Å². The van der Waals surface area contributed by atoms with E-state index in [4.69, 9.17) is 18.5 Å². The van der Waals surface area contributed by atoms with Crippen LogP contribution in [0.5, 0.6) is 5.75 Å². The molecule has 0 aliphatic carbocycles. The second-order valence-corrected chi connectivity index (χ2v) is 11.3. The first-order chi connectivity index (χ1) is 22.7. The maximum atomic E-state index is 14.5. The van der Waals surface area contributed by atoms with Crippen LogP contribution >= 0.6 is 0 Å². The number of imidazole rings is 1. The fraction of sp³-hybridized carbons (Fsp3) is 0.310. The van der Waals surface area contributed by atoms with Gasteiger partial charge in [-0.15, -0.1) is 0 Å². The summed E-state index contributed by atoms with van der Waals surface area (Å²) < 4.78 is 121. The largest absolute Gasteiger partial charge is 1.00 e. The molecule has 3 heterocycles. The minimum Gasteiger partial charge on any atom is -1.00 e. The van der Waals surface area contributed by atoms with E-state index < -0.39 is 59.0 Å². The molecular weight excluding hydrogens is 696 g/mol. The van der Waals surface area contributed by atoms with Crippen LogP contribution in [0.15, 0.2) is 52.1 Å². The first-order valence-electron chi connectivity index (χ1n) is 14.2. The van der Waals surface area contributed by atoms with Gasteiger partial charge in [-0.3, -0.25) is 9.56 Å². The van der Waals surface area contributed by atoms with E-state index >= 15 is 0 Å². The molecule has 0 fully saturated rings. The van der Waals surface area contributed by atoms with Crippen molar-refractivity contribution in [3.8, 4) is 28.4 Å². The molecule has 0 saturated heterocycles. The SMILES string of the molecule is CCCOc1ccc(-c2cc(C(C(=O)OCCCOS(=O)(=O)O)N3Cc4[nH]c(-c5cccc(F)c5F)nc4C=N3)on2)c(C(F)(F)F)c1.[H-].[Na+]. The molecule has 5 rings (SSSR count). The van der Waals surface area contributed by atoms with Crippen LogP contribution in [0.1, 0.15) is 49.9 Å². The van der Waals surface area contributed by atoms with Gasteiger partial charge in [0.05, 0.1) is 49.4 Å². The number of nitrogens with one attached hydrogen (secondary N) is 1. The second kappa shape index (κ2) is 15.8. The number of hydrogen-bond donors (Lipinski definition) is 2. The van der Waals surface area contributed by atoms with E-state index in [2.05, 4.69) is 24.4 Å². The molecule has 0 saturated carbocycles. The summed E-state index contributed by atoms with van der Waals surface area (Å²) in [6.45, 7) is 0.852. The van der Waals surface area contributed by atoms with Gasteiger partial charge in [0.1, 0.15) is 23.0 Å². The van der Waals surface area contributed by atoms with Crippen molar-refractivity contribution in [2.75, 3.05) is 19.8 Å². The molecule has 1 unspecified atom stereocenters. The zero-order chi connectivity index (χ0) is 34.6. The molecule has 2 aromatic carbocycles. The summed E-state index contributed by atoms with van der Waals surface area (Å²) >= 11 is 0. The van der Waals surface area contributed by atoms with Gasteiger partial charge in [0.25, 0.3) is 0 Å². The van der Waals surface area contributed by atoms with Crippen LogP contribution < -0.4 is 34.3 Å². The number of fused-ring (bicyclic) bond motifs is 1. The predicted molar refractivity (Wildman–Crippen MR) is 157 cm³/mol. The van der Waals surface area contributed by atoms with E-state index in [1.54, 1.807) is 6.92 Å². The molecular formula is C29H27F5N5NaO8S. The number of aromatic nitrogens is 3. The molecule has 1 atom stereocenters. The molecule has 1 aliphatic rings. The number of rotatable bonds is 13. The third-order valence-corrected chi connectivity index (χ3v) is 7.26. The summed E-state index contributed by atoms with van der Waals surface area (Å²) in [7, 11) is -4.73. The number of hydrogen-bond acceptors (Lipinski definition) is 11. The minimum absolute atomic E-state index is 0. The smallest absolute Gasteiger partial charge is 1.00 e. The zero-order valence-corrected chi connectivity index (χ0v) is 28.6. The fourth-order valence-electron chi connectivity index (χ4n) is 4.65. The minimum atomic E-state index is -4.81. The van der Waals surface area contributed by atoms with Crippen molar-refractivity contribution in [3.05, 3.63) is 76.8 Å². The summed E-state index contributed by atoms with van der Waals surface area (Å²) in [6.07, 6.45) is -3.19. The molecule has 0 bridgehead atoms. The molecule has 1 aliphatic heterocycles. The van der Waals surface area contributed by atoms with Gasteiger partial charge in [0, 0.05) is 18.1 Å². The number of carbonyl (C=O) groups is 1. The van der Waals surface area contributed by atoms with Gasteiger partial charge in [-0.25, -0.2) is 22.7 Å². The molecule has 0 radical (unpaired) electrons. The van der Waals surface area contributed by atoms with Crippen LogP contribution in [0.25, 0.3) is 22.6 Å². The van der Waals surface area contributed by atoms with Gasteiger partial charge in [-0.2, -0.15) is 26.7 Å². The van der Waals surface area contributed by atoms with Crippen molar-refractivity contribution in [2.45, 2.75) is 38.5 Å². The predicted octanol–water partition coefficient (Wildman–Crippen LogP) is 2.58. The number of benzene rings is 2. The Balaban J connectivity index is 0.00000338. The molecule has 0 amide bonds. The molecule has 4 aromatic rings. The van der Waals surface area contributed by atoms with Gasteiger partial charge in [-0.05, 0) is 36.8 Å². The van der Waals surface area contributed by atoms with Crippen molar-refractivity contribution in [1.82, 2.24) is 20.1 Å². The first kappa shape index (κ1) is 37.9. The summed E-state index contributed by atoms with van der Waals surface area (Å²) in [6, 6.07) is 6.40. The standard InChI is InChI=1S/C29H26F5N5O8S.Na.H/c1-2-9-44-16-7-8-17(19(12-16)29(32,33)34)21-13-24(47-38-21)26(28(40)45-10-4-11-46-48(41,42)43)39-15-23-22(14-35-39)36-27(37-23)18-5-3-6-20(30)25(18)31;;/h3,5-8,12-14,26H,2,4,9-11,15H2,1H3,(H,36,37)(H,41,42,43);;/q;+1;-1. The molecule has 20 heteroatoms. The summed E-state index contributed by atoms with van der Waals surface area (Å²) in [5.41, 5.74) is -1.33. The Bertz CT molecular complexity index is 1940. The van der Waals surface area contributed by atoms with Gasteiger partial charge >= 0.3 is 52.1 Å². The Morgan fingerprint density at radius 2 is 1.92 bits per heavy atom. The Hall–Kier alpha value is -3.88. The summed E-state index contributed by atoms with van der Waals surface area (Å²) in [5.74, 6) is -3.59. The average Bonchev–Trinajstić information content (AvgIpc) is 3.68. The molecule has 258 valence electrons. The number of hydrazone groups is 1. The van der Waals surface area contributed by atoms with Crippen molar-refractivity contribution in [3.63, 3.8) is 0 Å². The van der Waals surface area contributed by atoms with E-state index in [1.165, 1.54) is 24.4 Å². The number of H-pyrrole nitrogens is 1. The zero-order valence-electron chi connectivity index (χ0n) is 26.8. The van der Waals surface area contributed by atoms with Crippen molar-refractivity contribution in [1.29, 1.82) is 0 Å². The van der Waals surface area contributed by atoms with Gasteiger partial charge < -0.3 is 20.4 Å². The van der Waals surface area contributed by atoms with Crippen LogP contribution in [0.2, 0.25) is 0 Å². The number of carbonyl (C=O) groups excluding carboxylic acids is 1. The third kappa shape index (κ3) is 9.22. The van der Waals surface area contributed by atoms with Crippen molar-refractivity contribution in [2.24, 2.45) is 5.10 Å². The normalized spacial score (nSPS) is 13.5. The maximum Gasteiger partial charge on any atom is 1.00 e. The van der Waals surface area contributed by atoms with Gasteiger partial charge in [0.2, 0.25) is 6.04 Å². The van der Waals surface area contributed by atoms with Crippen LogP contribution in [0, 0.1) is 11.6 Å². The number of ether oxygens (including phenoxy) is 2. The first-order valence-corrected chi connectivity index (χ1v) is 15.5. The van der Waals surface area contributed by atoms with Crippen LogP contribution in [-0.2, 0) is 36.8 Å². The van der Waals surface area contributed by atoms with Crippen LogP contribution in [0.3, 0.4) is 0 Å². The molecule has 2 N–H and O–H groups in total. The average molecular weight is 724 g/mol. The topological polar surface area (TPSA) is 169 Å². The van der Waals surface area contributed by atoms with Crippen LogP contribution in [0.4, 0.5) is 22.0 Å². The summed E-state index contributed by atoms with van der Waals surface area (Å²) in [5, 5.41) is 9.13. The van der Waals surface area contributed by atoms with E-state index in [-0.39, 0.29) is 90.4 Å². The number of alkyl halides is 3. The van der Waals surface area contributed by atoms with Crippen LogP contribution in [-0.4, -0.2) is 65.1 Å². The molecule has 0 spiro atoms. The quantitative estimate of drug-likeness (QED) is 0.0684. The van der Waals surface area contributed by atoms with Gasteiger partial charge in [-0.1, -0.05) is 18.1 Å². The number of nitrogens with zero attached hydrogens (tertiary/aromatic N) is 4. The Kier molecular flexibility index (Phi) is 12.2. The number of esters is 1. The summed E-state index contributed by atoms with van der Waals surface area (Å²) in [4.78, 5) is 20.5. The Morgan fingerprint density at radius 3 is 2.63 bits per heavy atom. The maximum absolute atomic E-state index is 14.5. The second-order valence-electron chi connectivity index (χ2n) is 10.2. The molecule has 49 heavy (non-hydrogen) atoms. The Morgan fingerprint density at radius 1 is 1.14 bits per heavy atom. The van der Waals surface area contributed by atoms with Gasteiger partial charge in [0.15, 0.2) is 17.4 Å². The van der Waals surface area contributed by atoms with Crippen molar-refractivity contribution >= 4 is 22.6 Å². The fourth-order valence-corrected chi connectivity index (χ4v) is 4.98. The Labute approximate surface area is 299 Å². The van der Waals surface area contributed by atoms with Crippen molar-refractivity contribution < 1.29 is 88.9 Å². The number of halogens is 5. The van der Waals surface area contributed by atoms with E-state index in [9.17, 15) is 35.2 Å². The molecule has 13 nitrogen and oxygen atoms in total.